The molecule has 5 heteroatoms. The number of aryl methyl sites for hydroxylation is 1. The number of nitrogens with zero attached hydrogens (tertiary/aromatic N) is 3. The Bertz CT molecular complexity index is 524. The van der Waals surface area contributed by atoms with Gasteiger partial charge in [0.1, 0.15) is 12.2 Å². The van der Waals surface area contributed by atoms with E-state index in [-0.39, 0.29) is 6.04 Å². The third-order valence-corrected chi connectivity index (χ3v) is 3.97. The molecule has 0 saturated carbocycles. The third kappa shape index (κ3) is 3.36. The molecule has 102 valence electrons. The molecule has 1 heterocycles. The lowest BCUT2D eigenvalue weighted by atomic mass is 10.0. The summed E-state index contributed by atoms with van der Waals surface area (Å²) in [6.45, 7) is 3.07. The Morgan fingerprint density at radius 1 is 1.37 bits per heavy atom. The van der Waals surface area contributed by atoms with E-state index in [0.29, 0.717) is 0 Å². The molecule has 4 nitrogen and oxygen atoms in total. The second-order valence-corrected chi connectivity index (χ2v) is 5.20. The quantitative estimate of drug-likeness (QED) is 0.823. The number of aromatic nitrogens is 3. The van der Waals surface area contributed by atoms with Crippen molar-refractivity contribution in [2.45, 2.75) is 24.3 Å². The average molecular weight is 276 g/mol. The summed E-state index contributed by atoms with van der Waals surface area (Å²) in [5.41, 5.74) is 1.33. The fourth-order valence-electron chi connectivity index (χ4n) is 2.18. The van der Waals surface area contributed by atoms with E-state index in [1.165, 1.54) is 10.5 Å². The Labute approximate surface area is 118 Å². The van der Waals surface area contributed by atoms with E-state index in [1.54, 1.807) is 18.1 Å². The van der Waals surface area contributed by atoms with Crippen LogP contribution in [0.4, 0.5) is 0 Å². The molecule has 0 aliphatic rings. The molecule has 1 unspecified atom stereocenters. The SMILES string of the molecule is CCNC(Cc1ncnn1C)c1ccccc1SC. The molecule has 0 aliphatic carbocycles. The fourth-order valence-corrected chi connectivity index (χ4v) is 2.84. The van der Waals surface area contributed by atoms with Crippen molar-refractivity contribution < 1.29 is 0 Å². The van der Waals surface area contributed by atoms with E-state index in [1.807, 2.05) is 11.7 Å². The van der Waals surface area contributed by atoms with Gasteiger partial charge in [-0.2, -0.15) is 5.10 Å². The van der Waals surface area contributed by atoms with E-state index in [0.717, 1.165) is 18.8 Å². The molecule has 1 aromatic carbocycles. The first-order valence-corrected chi connectivity index (χ1v) is 7.68. The molecule has 1 N–H and O–H groups in total. The smallest absolute Gasteiger partial charge is 0.138 e. The first-order valence-electron chi connectivity index (χ1n) is 6.45. The van der Waals surface area contributed by atoms with Gasteiger partial charge in [0, 0.05) is 24.4 Å². The van der Waals surface area contributed by atoms with Gasteiger partial charge < -0.3 is 5.32 Å². The average Bonchev–Trinajstić information content (AvgIpc) is 2.84. The molecule has 1 aromatic heterocycles. The summed E-state index contributed by atoms with van der Waals surface area (Å²) in [5.74, 6) is 1.00. The highest BCUT2D eigenvalue weighted by atomic mass is 32.2. The van der Waals surface area contributed by atoms with Crippen LogP contribution in [0.25, 0.3) is 0 Å². The highest BCUT2D eigenvalue weighted by Gasteiger charge is 2.16. The van der Waals surface area contributed by atoms with E-state index in [4.69, 9.17) is 0 Å². The maximum atomic E-state index is 4.32. The maximum Gasteiger partial charge on any atom is 0.138 e. The lowest BCUT2D eigenvalue weighted by molar-refractivity contribution is 0.516. The lowest BCUT2D eigenvalue weighted by Gasteiger charge is -2.20. The maximum absolute atomic E-state index is 4.32. The van der Waals surface area contributed by atoms with Crippen LogP contribution in [-0.4, -0.2) is 27.6 Å². The monoisotopic (exact) mass is 276 g/mol. The first kappa shape index (κ1) is 14.1. The Balaban J connectivity index is 2.27. The molecule has 19 heavy (non-hydrogen) atoms. The topological polar surface area (TPSA) is 42.7 Å². The molecular weight excluding hydrogens is 256 g/mol. The fraction of sp³-hybridized carbons (Fsp3) is 0.429. The van der Waals surface area contributed by atoms with Crippen molar-refractivity contribution in [3.05, 3.63) is 42.0 Å². The third-order valence-electron chi connectivity index (χ3n) is 3.16. The predicted octanol–water partition coefficient (Wildman–Crippen LogP) is 2.43. The predicted molar refractivity (Wildman–Crippen MR) is 79.3 cm³/mol. The molecule has 0 bridgehead atoms. The summed E-state index contributed by atoms with van der Waals surface area (Å²) in [7, 11) is 1.94. The summed E-state index contributed by atoms with van der Waals surface area (Å²) in [5, 5.41) is 7.68. The Morgan fingerprint density at radius 2 is 2.16 bits per heavy atom. The van der Waals surface area contributed by atoms with Crippen LogP contribution in [0.3, 0.4) is 0 Å². The molecule has 0 saturated heterocycles. The van der Waals surface area contributed by atoms with Crippen molar-refractivity contribution in [2.75, 3.05) is 12.8 Å². The molecule has 0 fully saturated rings. The zero-order valence-electron chi connectivity index (χ0n) is 11.6. The second kappa shape index (κ2) is 6.73. The minimum absolute atomic E-state index is 0.275. The summed E-state index contributed by atoms with van der Waals surface area (Å²) in [4.78, 5) is 5.64. The minimum atomic E-state index is 0.275. The van der Waals surface area contributed by atoms with Crippen molar-refractivity contribution in [1.82, 2.24) is 20.1 Å². The number of rotatable bonds is 6. The van der Waals surface area contributed by atoms with Gasteiger partial charge in [0.2, 0.25) is 0 Å². The van der Waals surface area contributed by atoms with Crippen LogP contribution in [0, 0.1) is 0 Å². The normalized spacial score (nSPS) is 12.6. The molecule has 0 amide bonds. The zero-order valence-corrected chi connectivity index (χ0v) is 12.4. The van der Waals surface area contributed by atoms with E-state index >= 15 is 0 Å². The van der Waals surface area contributed by atoms with Gasteiger partial charge in [0.25, 0.3) is 0 Å². The summed E-state index contributed by atoms with van der Waals surface area (Å²) in [6, 6.07) is 8.81. The van der Waals surface area contributed by atoms with E-state index in [2.05, 4.69) is 52.8 Å². The van der Waals surface area contributed by atoms with Gasteiger partial charge in [-0.05, 0) is 24.4 Å². The van der Waals surface area contributed by atoms with Crippen molar-refractivity contribution in [2.24, 2.45) is 7.05 Å². The highest BCUT2D eigenvalue weighted by molar-refractivity contribution is 7.98. The van der Waals surface area contributed by atoms with Crippen molar-refractivity contribution in [3.8, 4) is 0 Å². The molecule has 0 spiro atoms. The van der Waals surface area contributed by atoms with Crippen LogP contribution in [0.5, 0.6) is 0 Å². The minimum Gasteiger partial charge on any atom is -0.310 e. The van der Waals surface area contributed by atoms with Crippen LogP contribution in [-0.2, 0) is 13.5 Å². The number of likely N-dealkylation sites (N-methyl/N-ethyl adjacent to an activating group) is 1. The van der Waals surface area contributed by atoms with Crippen molar-refractivity contribution in [3.63, 3.8) is 0 Å². The zero-order chi connectivity index (χ0) is 13.7. The van der Waals surface area contributed by atoms with Crippen molar-refractivity contribution in [1.29, 1.82) is 0 Å². The molecule has 1 atom stereocenters. The summed E-state index contributed by atoms with van der Waals surface area (Å²) in [6.07, 6.45) is 4.57. The lowest BCUT2D eigenvalue weighted by Crippen LogP contribution is -2.24. The summed E-state index contributed by atoms with van der Waals surface area (Å²) >= 11 is 1.78. The number of thioether (sulfide) groups is 1. The van der Waals surface area contributed by atoms with Gasteiger partial charge in [0.15, 0.2) is 0 Å². The van der Waals surface area contributed by atoms with Gasteiger partial charge in [-0.3, -0.25) is 4.68 Å². The Hall–Kier alpha value is -1.33. The summed E-state index contributed by atoms with van der Waals surface area (Å²) < 4.78 is 1.84. The second-order valence-electron chi connectivity index (χ2n) is 4.36. The largest absolute Gasteiger partial charge is 0.310 e. The molecule has 2 rings (SSSR count). The van der Waals surface area contributed by atoms with Crippen LogP contribution in [0.1, 0.15) is 24.4 Å². The Kier molecular flexibility index (Phi) is 4.99. The molecule has 2 aromatic rings. The standard InChI is InChI=1S/C14H20N4S/c1-4-15-12(9-14-16-10-17-18(14)2)11-7-5-6-8-13(11)19-3/h5-8,10,12,15H,4,9H2,1-3H3. The van der Waals surface area contributed by atoms with Crippen LogP contribution in [0.2, 0.25) is 0 Å². The van der Waals surface area contributed by atoms with Gasteiger partial charge in [-0.1, -0.05) is 25.1 Å². The van der Waals surface area contributed by atoms with E-state index < -0.39 is 0 Å². The number of hydrogen-bond acceptors (Lipinski definition) is 4. The van der Waals surface area contributed by atoms with Crippen LogP contribution >= 0.6 is 11.8 Å². The van der Waals surface area contributed by atoms with Gasteiger partial charge >= 0.3 is 0 Å². The van der Waals surface area contributed by atoms with Gasteiger partial charge in [0.05, 0.1) is 0 Å². The van der Waals surface area contributed by atoms with Gasteiger partial charge in [-0.25, -0.2) is 4.98 Å². The van der Waals surface area contributed by atoms with Crippen molar-refractivity contribution >= 4 is 11.8 Å². The number of nitrogens with one attached hydrogen (secondary N) is 1. The van der Waals surface area contributed by atoms with Crippen LogP contribution in [0.15, 0.2) is 35.5 Å². The molecule has 0 radical (unpaired) electrons. The first-order chi connectivity index (χ1) is 9.26. The van der Waals surface area contributed by atoms with Crippen LogP contribution < -0.4 is 5.32 Å². The number of benzene rings is 1. The van der Waals surface area contributed by atoms with Gasteiger partial charge in [-0.15, -0.1) is 11.8 Å². The number of hydrogen-bond donors (Lipinski definition) is 1. The molecular formula is C14H20N4S. The molecule has 0 aliphatic heterocycles. The highest BCUT2D eigenvalue weighted by Crippen LogP contribution is 2.27. The van der Waals surface area contributed by atoms with E-state index in [9.17, 15) is 0 Å². The Morgan fingerprint density at radius 3 is 2.79 bits per heavy atom.